The van der Waals surface area contributed by atoms with Crippen LogP contribution in [0.1, 0.15) is 32.0 Å². The molecule has 1 aliphatic heterocycles. The molecule has 1 N–H and O–H groups in total. The number of carbonyl (C=O) groups excluding carboxylic acids is 1. The highest BCUT2D eigenvalue weighted by Crippen LogP contribution is 2.04. The van der Waals surface area contributed by atoms with Crippen molar-refractivity contribution in [2.45, 2.75) is 32.9 Å². The van der Waals surface area contributed by atoms with Crippen LogP contribution >= 0.6 is 0 Å². The fourth-order valence-corrected chi connectivity index (χ4v) is 2.14. The molecule has 0 radical (unpaired) electrons. The van der Waals surface area contributed by atoms with Crippen LogP contribution in [0.25, 0.3) is 0 Å². The summed E-state index contributed by atoms with van der Waals surface area (Å²) in [4.78, 5) is 13.8. The first-order valence-corrected chi connectivity index (χ1v) is 7.27. The van der Waals surface area contributed by atoms with Crippen molar-refractivity contribution in [3.8, 4) is 0 Å². The van der Waals surface area contributed by atoms with E-state index in [1.54, 1.807) is 0 Å². The van der Waals surface area contributed by atoms with Crippen molar-refractivity contribution in [3.05, 3.63) is 18.0 Å². The van der Waals surface area contributed by atoms with Gasteiger partial charge in [0, 0.05) is 44.8 Å². The maximum Gasteiger partial charge on any atom is 0.224 e. The number of hydrogen-bond acceptors (Lipinski definition) is 4. The molecule has 112 valence electrons. The number of rotatable bonds is 6. The van der Waals surface area contributed by atoms with Gasteiger partial charge >= 0.3 is 0 Å². The quantitative estimate of drug-likeness (QED) is 0.783. The van der Waals surface area contributed by atoms with Gasteiger partial charge < -0.3 is 15.0 Å². The number of carbonyl (C=O) groups is 1. The smallest absolute Gasteiger partial charge is 0.224 e. The van der Waals surface area contributed by atoms with Crippen molar-refractivity contribution >= 4 is 5.91 Å². The summed E-state index contributed by atoms with van der Waals surface area (Å²) in [6.07, 6.45) is 2.52. The van der Waals surface area contributed by atoms with Crippen molar-refractivity contribution < 1.29 is 9.53 Å². The molecule has 2 heterocycles. The topological polar surface area (TPSA) is 59.4 Å². The number of amides is 1. The molecule has 0 bridgehead atoms. The molecule has 6 nitrogen and oxygen atoms in total. The minimum Gasteiger partial charge on any atom is -0.378 e. The molecular formula is C14H24N4O2. The number of nitrogens with zero attached hydrogens (tertiary/aromatic N) is 3. The van der Waals surface area contributed by atoms with E-state index in [1.165, 1.54) is 0 Å². The third-order valence-electron chi connectivity index (χ3n) is 3.38. The Morgan fingerprint density at radius 1 is 1.45 bits per heavy atom. The van der Waals surface area contributed by atoms with Gasteiger partial charge in [0.25, 0.3) is 0 Å². The predicted molar refractivity (Wildman–Crippen MR) is 76.3 cm³/mol. The van der Waals surface area contributed by atoms with Crippen molar-refractivity contribution in [3.63, 3.8) is 0 Å². The Bertz CT molecular complexity index is 425. The lowest BCUT2D eigenvalue weighted by Crippen LogP contribution is -2.41. The van der Waals surface area contributed by atoms with Crippen LogP contribution in [-0.4, -0.2) is 53.4 Å². The summed E-state index contributed by atoms with van der Waals surface area (Å²) in [6.45, 7) is 8.35. The number of ether oxygens (including phenoxy) is 1. The van der Waals surface area contributed by atoms with Gasteiger partial charge in [-0.1, -0.05) is 0 Å². The van der Waals surface area contributed by atoms with Gasteiger partial charge in [0.05, 0.1) is 18.9 Å². The van der Waals surface area contributed by atoms with Gasteiger partial charge in [0.1, 0.15) is 0 Å². The summed E-state index contributed by atoms with van der Waals surface area (Å²) in [7, 11) is 0. The van der Waals surface area contributed by atoms with Crippen LogP contribution in [0.4, 0.5) is 0 Å². The molecule has 0 aliphatic carbocycles. The maximum absolute atomic E-state index is 11.9. The molecule has 1 aromatic rings. The average molecular weight is 280 g/mol. The maximum atomic E-state index is 11.9. The molecule has 20 heavy (non-hydrogen) atoms. The highest BCUT2D eigenvalue weighted by Gasteiger charge is 2.15. The molecule has 0 atom stereocenters. The van der Waals surface area contributed by atoms with E-state index in [0.29, 0.717) is 38.8 Å². The van der Waals surface area contributed by atoms with E-state index in [-0.39, 0.29) is 5.91 Å². The highest BCUT2D eigenvalue weighted by molar-refractivity contribution is 5.76. The molecule has 1 aromatic heterocycles. The molecular weight excluding hydrogens is 256 g/mol. The number of morpholine rings is 1. The van der Waals surface area contributed by atoms with Crippen LogP contribution in [0.3, 0.4) is 0 Å². The van der Waals surface area contributed by atoms with Crippen LogP contribution in [-0.2, 0) is 16.1 Å². The molecule has 1 amide bonds. The van der Waals surface area contributed by atoms with Crippen LogP contribution in [0.15, 0.2) is 12.3 Å². The summed E-state index contributed by atoms with van der Waals surface area (Å²) in [6, 6.07) is 2.39. The Labute approximate surface area is 120 Å². The zero-order valence-electron chi connectivity index (χ0n) is 12.3. The predicted octanol–water partition coefficient (Wildman–Crippen LogP) is 0.802. The number of aromatic nitrogens is 2. The van der Waals surface area contributed by atoms with E-state index < -0.39 is 0 Å². The Morgan fingerprint density at radius 2 is 2.20 bits per heavy atom. The van der Waals surface area contributed by atoms with Crippen molar-refractivity contribution in [2.24, 2.45) is 0 Å². The lowest BCUT2D eigenvalue weighted by atomic mass is 10.3. The molecule has 0 unspecified atom stereocenters. The summed E-state index contributed by atoms with van der Waals surface area (Å²) in [5.74, 6) is 0.202. The Balaban J connectivity index is 1.64. The van der Waals surface area contributed by atoms with Gasteiger partial charge in [0.15, 0.2) is 0 Å². The first kappa shape index (κ1) is 15.0. The number of nitrogens with one attached hydrogen (secondary N) is 1. The summed E-state index contributed by atoms with van der Waals surface area (Å²) >= 11 is 0. The van der Waals surface area contributed by atoms with Gasteiger partial charge in [-0.2, -0.15) is 5.10 Å². The molecule has 1 saturated heterocycles. The molecule has 0 saturated carbocycles. The molecule has 1 aliphatic rings. The van der Waals surface area contributed by atoms with Gasteiger partial charge in [0.2, 0.25) is 5.91 Å². The normalized spacial score (nSPS) is 15.8. The second kappa shape index (κ2) is 7.40. The summed E-state index contributed by atoms with van der Waals surface area (Å²) < 4.78 is 7.18. The SMILES string of the molecule is CC(C)n1ccc(CNCCC(=O)N2CCOCC2)n1. The van der Waals surface area contributed by atoms with Crippen LogP contribution in [0.5, 0.6) is 0 Å². The minimum absolute atomic E-state index is 0.202. The van der Waals surface area contributed by atoms with Crippen LogP contribution in [0.2, 0.25) is 0 Å². The van der Waals surface area contributed by atoms with E-state index in [1.807, 2.05) is 21.8 Å². The van der Waals surface area contributed by atoms with Crippen molar-refractivity contribution in [2.75, 3.05) is 32.8 Å². The molecule has 6 heteroatoms. The fourth-order valence-electron chi connectivity index (χ4n) is 2.14. The van der Waals surface area contributed by atoms with Gasteiger partial charge in [-0.05, 0) is 19.9 Å². The zero-order chi connectivity index (χ0) is 14.4. The second-order valence-corrected chi connectivity index (χ2v) is 5.30. The monoisotopic (exact) mass is 280 g/mol. The van der Waals surface area contributed by atoms with Gasteiger partial charge in [-0.25, -0.2) is 0 Å². The molecule has 0 aromatic carbocycles. The highest BCUT2D eigenvalue weighted by atomic mass is 16.5. The Hall–Kier alpha value is -1.40. The van der Waals surface area contributed by atoms with Crippen molar-refractivity contribution in [1.82, 2.24) is 20.0 Å². The molecule has 2 rings (SSSR count). The third kappa shape index (κ3) is 4.31. The van der Waals surface area contributed by atoms with E-state index in [2.05, 4.69) is 24.3 Å². The first-order chi connectivity index (χ1) is 9.66. The van der Waals surface area contributed by atoms with E-state index in [4.69, 9.17) is 4.74 Å². The molecule has 0 spiro atoms. The second-order valence-electron chi connectivity index (χ2n) is 5.30. The Morgan fingerprint density at radius 3 is 2.85 bits per heavy atom. The van der Waals surface area contributed by atoms with E-state index in [9.17, 15) is 4.79 Å². The first-order valence-electron chi connectivity index (χ1n) is 7.27. The van der Waals surface area contributed by atoms with Crippen LogP contribution in [0, 0.1) is 0 Å². The van der Waals surface area contributed by atoms with Gasteiger partial charge in [-0.3, -0.25) is 9.48 Å². The minimum atomic E-state index is 0.202. The average Bonchev–Trinajstić information content (AvgIpc) is 2.93. The lowest BCUT2D eigenvalue weighted by Gasteiger charge is -2.26. The third-order valence-corrected chi connectivity index (χ3v) is 3.38. The zero-order valence-corrected chi connectivity index (χ0v) is 12.3. The summed E-state index contributed by atoms with van der Waals surface area (Å²) in [5.41, 5.74) is 1.01. The largest absolute Gasteiger partial charge is 0.378 e. The standard InChI is InChI=1S/C14H24N4O2/c1-12(2)18-6-4-13(16-18)11-15-5-3-14(19)17-7-9-20-10-8-17/h4,6,12,15H,3,5,7-11H2,1-2H3. The van der Waals surface area contributed by atoms with E-state index in [0.717, 1.165) is 18.8 Å². The van der Waals surface area contributed by atoms with Gasteiger partial charge in [-0.15, -0.1) is 0 Å². The fraction of sp³-hybridized carbons (Fsp3) is 0.714. The van der Waals surface area contributed by atoms with Crippen LogP contribution < -0.4 is 5.32 Å². The molecule has 1 fully saturated rings. The van der Waals surface area contributed by atoms with E-state index >= 15 is 0 Å². The Kier molecular flexibility index (Phi) is 5.55. The van der Waals surface area contributed by atoms with Crippen molar-refractivity contribution in [1.29, 1.82) is 0 Å². The lowest BCUT2D eigenvalue weighted by molar-refractivity contribution is -0.135. The number of hydrogen-bond donors (Lipinski definition) is 1. The summed E-state index contributed by atoms with van der Waals surface area (Å²) in [5, 5.41) is 7.73.